The second-order valence-electron chi connectivity index (χ2n) is 4.32. The Bertz CT molecular complexity index is 371. The number of hydrogen-bond donors (Lipinski definition) is 1. The molecular weight excluding hydrogens is 220 g/mol. The van der Waals surface area contributed by atoms with Gasteiger partial charge in [0.05, 0.1) is 5.69 Å². The van der Waals surface area contributed by atoms with E-state index in [1.807, 2.05) is 4.90 Å². The molecule has 0 saturated carbocycles. The van der Waals surface area contributed by atoms with Gasteiger partial charge in [0.1, 0.15) is 6.54 Å². The summed E-state index contributed by atoms with van der Waals surface area (Å²) in [5.41, 5.74) is 0.827. The molecule has 0 radical (unpaired) electrons. The van der Waals surface area contributed by atoms with Crippen LogP contribution >= 0.6 is 0 Å². The van der Waals surface area contributed by atoms with Crippen LogP contribution in [0.1, 0.15) is 25.0 Å². The number of hydrogen-bond acceptors (Lipinski definition) is 4. The highest BCUT2D eigenvalue weighted by molar-refractivity contribution is 5.76. The van der Waals surface area contributed by atoms with Crippen LogP contribution in [0.5, 0.6) is 0 Å². The van der Waals surface area contributed by atoms with Crippen LogP contribution in [0.15, 0.2) is 6.20 Å². The fourth-order valence-corrected chi connectivity index (χ4v) is 2.00. The zero-order valence-electron chi connectivity index (χ0n) is 9.88. The van der Waals surface area contributed by atoms with Crippen molar-refractivity contribution in [3.05, 3.63) is 11.9 Å². The molecule has 2 heterocycles. The van der Waals surface area contributed by atoms with E-state index < -0.39 is 0 Å². The Hall–Kier alpha value is -1.43. The summed E-state index contributed by atoms with van der Waals surface area (Å²) in [4.78, 5) is 13.7. The summed E-state index contributed by atoms with van der Waals surface area (Å²) in [5, 5.41) is 16.6. The second-order valence-corrected chi connectivity index (χ2v) is 4.32. The lowest BCUT2D eigenvalue weighted by Gasteiger charge is -2.14. The Morgan fingerprint density at radius 2 is 2.18 bits per heavy atom. The lowest BCUT2D eigenvalue weighted by Crippen LogP contribution is -2.31. The normalized spacial score (nSPS) is 15.5. The van der Waals surface area contributed by atoms with Crippen molar-refractivity contribution < 1.29 is 9.90 Å². The zero-order chi connectivity index (χ0) is 12.1. The molecule has 1 N–H and O–H groups in total. The highest BCUT2D eigenvalue weighted by Crippen LogP contribution is 2.08. The Morgan fingerprint density at radius 1 is 1.41 bits per heavy atom. The van der Waals surface area contributed by atoms with Gasteiger partial charge in [0, 0.05) is 25.9 Å². The molecule has 1 aliphatic rings. The first-order chi connectivity index (χ1) is 8.29. The molecule has 1 saturated heterocycles. The Labute approximate surface area is 100 Å². The van der Waals surface area contributed by atoms with Crippen LogP contribution in [0.2, 0.25) is 0 Å². The minimum absolute atomic E-state index is 0.112. The standard InChI is InChI=1S/C11H18N4O2/c16-7-3-4-10-8-15(13-12-10)9-11(17)14-5-1-2-6-14/h8,16H,1-7,9H2. The van der Waals surface area contributed by atoms with Crippen LogP contribution < -0.4 is 0 Å². The van der Waals surface area contributed by atoms with Gasteiger partial charge in [-0.15, -0.1) is 5.10 Å². The fourth-order valence-electron chi connectivity index (χ4n) is 2.00. The van der Waals surface area contributed by atoms with E-state index in [2.05, 4.69) is 10.3 Å². The number of amides is 1. The average Bonchev–Trinajstić information content (AvgIpc) is 2.97. The monoisotopic (exact) mass is 238 g/mol. The molecule has 0 aliphatic carbocycles. The summed E-state index contributed by atoms with van der Waals surface area (Å²) in [6.07, 6.45) is 5.37. The van der Waals surface area contributed by atoms with E-state index in [1.54, 1.807) is 10.9 Å². The minimum Gasteiger partial charge on any atom is -0.396 e. The molecule has 1 amide bonds. The number of rotatable bonds is 5. The van der Waals surface area contributed by atoms with Crippen LogP contribution in [0.4, 0.5) is 0 Å². The molecule has 0 atom stereocenters. The number of carbonyl (C=O) groups is 1. The summed E-state index contributed by atoms with van der Waals surface area (Å²) in [6, 6.07) is 0. The second kappa shape index (κ2) is 5.77. The first kappa shape index (κ1) is 12.0. The van der Waals surface area contributed by atoms with Crippen LogP contribution in [0.3, 0.4) is 0 Å². The summed E-state index contributed by atoms with van der Waals surface area (Å²) in [6.45, 7) is 2.15. The number of aromatic nitrogens is 3. The van der Waals surface area contributed by atoms with Gasteiger partial charge in [0.2, 0.25) is 5.91 Å². The molecule has 0 unspecified atom stereocenters. The molecule has 1 aromatic rings. The smallest absolute Gasteiger partial charge is 0.244 e. The molecule has 0 bridgehead atoms. The van der Waals surface area contributed by atoms with Gasteiger partial charge >= 0.3 is 0 Å². The van der Waals surface area contributed by atoms with Crippen molar-refractivity contribution in [3.8, 4) is 0 Å². The third kappa shape index (κ3) is 3.26. The summed E-state index contributed by atoms with van der Waals surface area (Å²) in [7, 11) is 0. The lowest BCUT2D eigenvalue weighted by atomic mass is 10.3. The van der Waals surface area contributed by atoms with E-state index in [9.17, 15) is 4.79 Å². The third-order valence-corrected chi connectivity index (χ3v) is 2.93. The highest BCUT2D eigenvalue weighted by atomic mass is 16.2. The number of likely N-dealkylation sites (tertiary alicyclic amines) is 1. The van der Waals surface area contributed by atoms with Gasteiger partial charge in [-0.25, -0.2) is 4.68 Å². The van der Waals surface area contributed by atoms with Gasteiger partial charge in [-0.2, -0.15) is 0 Å². The predicted octanol–water partition coefficient (Wildman–Crippen LogP) is -0.175. The number of aliphatic hydroxyl groups is 1. The van der Waals surface area contributed by atoms with Crippen molar-refractivity contribution in [2.24, 2.45) is 0 Å². The molecule has 1 aliphatic heterocycles. The van der Waals surface area contributed by atoms with Gasteiger partial charge in [0.25, 0.3) is 0 Å². The van der Waals surface area contributed by atoms with Crippen molar-refractivity contribution in [2.75, 3.05) is 19.7 Å². The molecule has 0 spiro atoms. The molecular formula is C11H18N4O2. The summed E-state index contributed by atoms with van der Waals surface area (Å²) in [5.74, 6) is 0.112. The van der Waals surface area contributed by atoms with E-state index in [4.69, 9.17) is 5.11 Å². The quantitative estimate of drug-likeness (QED) is 0.773. The van der Waals surface area contributed by atoms with Crippen LogP contribution in [0.25, 0.3) is 0 Å². The number of nitrogens with zero attached hydrogens (tertiary/aromatic N) is 4. The predicted molar refractivity (Wildman–Crippen MR) is 61.2 cm³/mol. The van der Waals surface area contributed by atoms with Gasteiger partial charge in [-0.05, 0) is 25.7 Å². The van der Waals surface area contributed by atoms with Crippen LogP contribution in [-0.4, -0.2) is 50.6 Å². The molecule has 0 aromatic carbocycles. The molecule has 94 valence electrons. The highest BCUT2D eigenvalue weighted by Gasteiger charge is 2.18. The molecule has 6 heteroatoms. The molecule has 6 nitrogen and oxygen atoms in total. The molecule has 2 rings (SSSR count). The number of aryl methyl sites for hydroxylation is 1. The van der Waals surface area contributed by atoms with Crippen molar-refractivity contribution >= 4 is 5.91 Å². The van der Waals surface area contributed by atoms with Crippen molar-refractivity contribution in [1.29, 1.82) is 0 Å². The first-order valence-corrected chi connectivity index (χ1v) is 6.07. The van der Waals surface area contributed by atoms with Gasteiger partial charge < -0.3 is 10.0 Å². The Morgan fingerprint density at radius 3 is 2.88 bits per heavy atom. The Balaban J connectivity index is 1.85. The molecule has 1 aromatic heterocycles. The maximum absolute atomic E-state index is 11.8. The molecule has 17 heavy (non-hydrogen) atoms. The van der Waals surface area contributed by atoms with Crippen LogP contribution in [-0.2, 0) is 17.8 Å². The van der Waals surface area contributed by atoms with E-state index >= 15 is 0 Å². The van der Waals surface area contributed by atoms with Crippen molar-refractivity contribution in [1.82, 2.24) is 19.9 Å². The van der Waals surface area contributed by atoms with Crippen molar-refractivity contribution in [3.63, 3.8) is 0 Å². The summed E-state index contributed by atoms with van der Waals surface area (Å²) < 4.78 is 1.58. The Kier molecular flexibility index (Phi) is 4.08. The maximum atomic E-state index is 11.8. The van der Waals surface area contributed by atoms with Gasteiger partial charge in [0.15, 0.2) is 0 Å². The SMILES string of the molecule is O=C(Cn1cc(CCCO)nn1)N1CCCC1. The largest absolute Gasteiger partial charge is 0.396 e. The lowest BCUT2D eigenvalue weighted by molar-refractivity contribution is -0.130. The van der Waals surface area contributed by atoms with Crippen LogP contribution in [0, 0.1) is 0 Å². The maximum Gasteiger partial charge on any atom is 0.244 e. The fraction of sp³-hybridized carbons (Fsp3) is 0.727. The number of aliphatic hydroxyl groups excluding tert-OH is 1. The van der Waals surface area contributed by atoms with Gasteiger partial charge in [-0.1, -0.05) is 5.21 Å². The van der Waals surface area contributed by atoms with E-state index in [0.29, 0.717) is 12.8 Å². The zero-order valence-corrected chi connectivity index (χ0v) is 9.88. The summed E-state index contributed by atoms with van der Waals surface area (Å²) >= 11 is 0. The van der Waals surface area contributed by atoms with E-state index in [0.717, 1.165) is 31.6 Å². The minimum atomic E-state index is 0.112. The van der Waals surface area contributed by atoms with E-state index in [-0.39, 0.29) is 19.1 Å². The first-order valence-electron chi connectivity index (χ1n) is 6.07. The third-order valence-electron chi connectivity index (χ3n) is 2.93. The molecule has 1 fully saturated rings. The average molecular weight is 238 g/mol. The van der Waals surface area contributed by atoms with E-state index in [1.165, 1.54) is 0 Å². The topological polar surface area (TPSA) is 71.2 Å². The van der Waals surface area contributed by atoms with Crippen molar-refractivity contribution in [2.45, 2.75) is 32.2 Å². The van der Waals surface area contributed by atoms with Gasteiger partial charge in [-0.3, -0.25) is 4.79 Å². The number of carbonyl (C=O) groups excluding carboxylic acids is 1.